The lowest BCUT2D eigenvalue weighted by Gasteiger charge is -2.31. The summed E-state index contributed by atoms with van der Waals surface area (Å²) < 4.78 is 0. The van der Waals surface area contributed by atoms with E-state index >= 15 is 0 Å². The van der Waals surface area contributed by atoms with Crippen LogP contribution in [0.1, 0.15) is 37.9 Å². The zero-order valence-electron chi connectivity index (χ0n) is 10.4. The summed E-state index contributed by atoms with van der Waals surface area (Å²) in [6.45, 7) is 4.60. The summed E-state index contributed by atoms with van der Waals surface area (Å²) in [5.41, 5.74) is 3.90. The van der Waals surface area contributed by atoms with Crippen molar-refractivity contribution in [2.45, 2.75) is 32.1 Å². The van der Waals surface area contributed by atoms with E-state index in [0.717, 1.165) is 24.1 Å². The van der Waals surface area contributed by atoms with Gasteiger partial charge in [-0.05, 0) is 42.0 Å². The van der Waals surface area contributed by atoms with Gasteiger partial charge in [0.2, 0.25) is 0 Å². The Kier molecular flexibility index (Phi) is 2.29. The van der Waals surface area contributed by atoms with E-state index in [-0.39, 0.29) is 5.41 Å². The van der Waals surface area contributed by atoms with Gasteiger partial charge in [-0.15, -0.1) is 0 Å². The molecule has 1 aliphatic carbocycles. The predicted octanol–water partition coefficient (Wildman–Crippen LogP) is 4.32. The first-order valence-electron chi connectivity index (χ1n) is 6.30. The van der Waals surface area contributed by atoms with E-state index in [0.29, 0.717) is 0 Å². The van der Waals surface area contributed by atoms with Crippen LogP contribution in [0.4, 0.5) is 0 Å². The van der Waals surface area contributed by atoms with Gasteiger partial charge in [-0.3, -0.25) is 0 Å². The molecule has 1 aromatic carbocycles. The van der Waals surface area contributed by atoms with Crippen LogP contribution in [0.25, 0.3) is 17.0 Å². The van der Waals surface area contributed by atoms with Gasteiger partial charge in [0.1, 0.15) is 0 Å². The highest BCUT2D eigenvalue weighted by atomic mass is 14.7. The molecule has 0 saturated carbocycles. The highest BCUT2D eigenvalue weighted by Gasteiger charge is 2.28. The maximum absolute atomic E-state index is 4.77. The molecular formula is C16H17N. The molecule has 1 aliphatic rings. The van der Waals surface area contributed by atoms with E-state index in [9.17, 15) is 0 Å². The van der Waals surface area contributed by atoms with E-state index in [1.165, 1.54) is 10.9 Å². The molecule has 3 rings (SSSR count). The van der Waals surface area contributed by atoms with E-state index in [1.54, 1.807) is 0 Å². The molecular weight excluding hydrogens is 206 g/mol. The molecule has 86 valence electrons. The molecule has 1 atom stereocenters. The number of rotatable bonds is 1. The van der Waals surface area contributed by atoms with Crippen LogP contribution < -0.4 is 0 Å². The quantitative estimate of drug-likeness (QED) is 0.701. The van der Waals surface area contributed by atoms with E-state index in [2.05, 4.69) is 50.3 Å². The standard InChI is InChI=1S/C16H17N/c1-3-16(2)10-6-9-15-13(16)11-12-7-4-5-8-14(12)17-15/h4-9,11H,3,10H2,1-2H3. The van der Waals surface area contributed by atoms with Gasteiger partial charge in [-0.1, -0.05) is 38.1 Å². The van der Waals surface area contributed by atoms with Crippen LogP contribution in [-0.2, 0) is 5.41 Å². The highest BCUT2D eigenvalue weighted by molar-refractivity contribution is 5.81. The molecule has 2 aromatic rings. The number of hydrogen-bond donors (Lipinski definition) is 0. The zero-order valence-corrected chi connectivity index (χ0v) is 10.4. The van der Waals surface area contributed by atoms with E-state index in [4.69, 9.17) is 4.98 Å². The number of pyridine rings is 1. The topological polar surface area (TPSA) is 12.9 Å². The summed E-state index contributed by atoms with van der Waals surface area (Å²) in [4.78, 5) is 4.77. The van der Waals surface area contributed by atoms with Gasteiger partial charge in [0.15, 0.2) is 0 Å². The maximum Gasteiger partial charge on any atom is 0.0709 e. The summed E-state index contributed by atoms with van der Waals surface area (Å²) in [6.07, 6.45) is 6.70. The molecule has 1 nitrogen and oxygen atoms in total. The molecule has 17 heavy (non-hydrogen) atoms. The fraction of sp³-hybridized carbons (Fsp3) is 0.312. The number of para-hydroxylation sites is 1. The Bertz CT molecular complexity index is 597. The molecule has 0 amide bonds. The second-order valence-electron chi connectivity index (χ2n) is 5.13. The number of nitrogens with zero attached hydrogens (tertiary/aromatic N) is 1. The average molecular weight is 223 g/mol. The molecule has 0 aliphatic heterocycles. The number of benzene rings is 1. The molecule has 0 saturated heterocycles. The highest BCUT2D eigenvalue weighted by Crippen LogP contribution is 2.38. The van der Waals surface area contributed by atoms with Crippen LogP contribution in [0.3, 0.4) is 0 Å². The summed E-state index contributed by atoms with van der Waals surface area (Å²) in [5, 5.41) is 1.25. The molecule has 0 radical (unpaired) electrons. The van der Waals surface area contributed by atoms with Crippen LogP contribution in [-0.4, -0.2) is 4.98 Å². The van der Waals surface area contributed by atoms with Crippen LogP contribution in [0.15, 0.2) is 36.4 Å². The molecule has 0 spiro atoms. The van der Waals surface area contributed by atoms with Crippen molar-refractivity contribution in [3.8, 4) is 0 Å². The van der Waals surface area contributed by atoms with Crippen molar-refractivity contribution in [2.75, 3.05) is 0 Å². The Morgan fingerprint density at radius 3 is 2.94 bits per heavy atom. The Balaban J connectivity index is 2.31. The third-order valence-corrected chi connectivity index (χ3v) is 4.03. The Morgan fingerprint density at radius 1 is 1.29 bits per heavy atom. The Morgan fingerprint density at radius 2 is 2.12 bits per heavy atom. The van der Waals surface area contributed by atoms with E-state index in [1.807, 2.05) is 6.07 Å². The zero-order chi connectivity index (χ0) is 11.9. The third kappa shape index (κ3) is 1.57. The molecule has 1 unspecified atom stereocenters. The van der Waals surface area contributed by atoms with Crippen LogP contribution in [0.2, 0.25) is 0 Å². The normalized spacial score (nSPS) is 22.7. The van der Waals surface area contributed by atoms with Crippen molar-refractivity contribution in [3.63, 3.8) is 0 Å². The molecule has 0 N–H and O–H groups in total. The molecule has 0 bridgehead atoms. The monoisotopic (exact) mass is 223 g/mol. The van der Waals surface area contributed by atoms with Crippen molar-refractivity contribution in [3.05, 3.63) is 47.7 Å². The lowest BCUT2D eigenvalue weighted by atomic mass is 9.73. The lowest BCUT2D eigenvalue weighted by molar-refractivity contribution is 0.455. The van der Waals surface area contributed by atoms with Gasteiger partial charge in [0, 0.05) is 5.39 Å². The number of fused-ring (bicyclic) bond motifs is 2. The average Bonchev–Trinajstić information content (AvgIpc) is 2.37. The number of aromatic nitrogens is 1. The van der Waals surface area contributed by atoms with Gasteiger partial charge in [0.25, 0.3) is 0 Å². The third-order valence-electron chi connectivity index (χ3n) is 4.03. The van der Waals surface area contributed by atoms with Crippen LogP contribution >= 0.6 is 0 Å². The smallest absolute Gasteiger partial charge is 0.0709 e. The number of hydrogen-bond acceptors (Lipinski definition) is 1. The first-order chi connectivity index (χ1) is 8.23. The summed E-state index contributed by atoms with van der Waals surface area (Å²) in [7, 11) is 0. The van der Waals surface area contributed by atoms with Gasteiger partial charge in [-0.2, -0.15) is 0 Å². The van der Waals surface area contributed by atoms with Crippen molar-refractivity contribution < 1.29 is 0 Å². The lowest BCUT2D eigenvalue weighted by Crippen LogP contribution is -2.23. The SMILES string of the molecule is CCC1(C)CC=Cc2nc3ccccc3cc21. The van der Waals surface area contributed by atoms with Crippen LogP contribution in [0, 0.1) is 0 Å². The molecule has 1 aromatic heterocycles. The second-order valence-corrected chi connectivity index (χ2v) is 5.13. The second kappa shape index (κ2) is 3.69. The molecule has 1 heteroatoms. The van der Waals surface area contributed by atoms with Crippen molar-refractivity contribution in [1.82, 2.24) is 4.98 Å². The van der Waals surface area contributed by atoms with Gasteiger partial charge < -0.3 is 0 Å². The fourth-order valence-electron chi connectivity index (χ4n) is 2.62. The number of allylic oxidation sites excluding steroid dienone is 1. The molecule has 0 fully saturated rings. The fourth-order valence-corrected chi connectivity index (χ4v) is 2.62. The predicted molar refractivity (Wildman–Crippen MR) is 73.0 cm³/mol. The van der Waals surface area contributed by atoms with Gasteiger partial charge in [-0.25, -0.2) is 4.98 Å². The Labute approximate surface area is 102 Å². The maximum atomic E-state index is 4.77. The first kappa shape index (κ1) is 10.5. The van der Waals surface area contributed by atoms with E-state index < -0.39 is 0 Å². The Hall–Kier alpha value is -1.63. The van der Waals surface area contributed by atoms with Crippen molar-refractivity contribution in [2.24, 2.45) is 0 Å². The minimum Gasteiger partial charge on any atom is -0.248 e. The van der Waals surface area contributed by atoms with Crippen molar-refractivity contribution >= 4 is 17.0 Å². The van der Waals surface area contributed by atoms with Crippen LogP contribution in [0.5, 0.6) is 0 Å². The minimum atomic E-state index is 0.251. The summed E-state index contributed by atoms with van der Waals surface area (Å²) in [5.74, 6) is 0. The first-order valence-corrected chi connectivity index (χ1v) is 6.30. The van der Waals surface area contributed by atoms with Crippen molar-refractivity contribution in [1.29, 1.82) is 0 Å². The largest absolute Gasteiger partial charge is 0.248 e. The van der Waals surface area contributed by atoms with Gasteiger partial charge in [0.05, 0.1) is 11.2 Å². The summed E-state index contributed by atoms with van der Waals surface area (Å²) >= 11 is 0. The molecule has 1 heterocycles. The minimum absolute atomic E-state index is 0.251. The summed E-state index contributed by atoms with van der Waals surface area (Å²) in [6, 6.07) is 10.7. The van der Waals surface area contributed by atoms with Gasteiger partial charge >= 0.3 is 0 Å².